The first-order chi connectivity index (χ1) is 6.09. The quantitative estimate of drug-likeness (QED) is 0.570. The van der Waals surface area contributed by atoms with Gasteiger partial charge >= 0.3 is 0 Å². The average Bonchev–Trinajstić information content (AvgIpc) is 2.02. The van der Waals surface area contributed by atoms with Crippen molar-refractivity contribution in [2.75, 3.05) is 0 Å². The number of carbonyl (C=O) groups excluding carboxylic acids is 2. The molecule has 2 bridgehead atoms. The Morgan fingerprint density at radius 2 is 1.31 bits per heavy atom. The molecule has 0 aromatic heterocycles. The highest BCUT2D eigenvalue weighted by atomic mass is 16.1. The van der Waals surface area contributed by atoms with Gasteiger partial charge in [0.25, 0.3) is 0 Å². The monoisotopic (exact) mass is 180 g/mol. The SMILES string of the molecule is C[C@@H]1CC(=O)[C@H]2C[C@@H]1C(=O)C[C@H]2C. The first-order valence-corrected chi connectivity index (χ1v) is 5.15. The van der Waals surface area contributed by atoms with Crippen LogP contribution in [0.5, 0.6) is 0 Å². The van der Waals surface area contributed by atoms with Crippen LogP contribution in [0.1, 0.15) is 33.1 Å². The highest BCUT2D eigenvalue weighted by Crippen LogP contribution is 2.41. The summed E-state index contributed by atoms with van der Waals surface area (Å²) in [6, 6.07) is 0. The van der Waals surface area contributed by atoms with Crippen molar-refractivity contribution in [3.05, 3.63) is 0 Å². The van der Waals surface area contributed by atoms with Gasteiger partial charge in [-0.2, -0.15) is 0 Å². The van der Waals surface area contributed by atoms with Gasteiger partial charge in [-0.3, -0.25) is 9.59 Å². The lowest BCUT2D eigenvalue weighted by atomic mass is 9.62. The van der Waals surface area contributed by atoms with Gasteiger partial charge in [0.1, 0.15) is 11.6 Å². The third-order valence-electron chi connectivity index (χ3n) is 3.76. The van der Waals surface area contributed by atoms with Gasteiger partial charge in [0.15, 0.2) is 0 Å². The van der Waals surface area contributed by atoms with Crippen molar-refractivity contribution in [1.82, 2.24) is 0 Å². The summed E-state index contributed by atoms with van der Waals surface area (Å²) in [5.41, 5.74) is 0. The maximum Gasteiger partial charge on any atom is 0.136 e. The highest BCUT2D eigenvalue weighted by Gasteiger charge is 2.44. The summed E-state index contributed by atoms with van der Waals surface area (Å²) in [5, 5.41) is 0. The molecule has 2 aliphatic carbocycles. The zero-order valence-corrected chi connectivity index (χ0v) is 8.25. The summed E-state index contributed by atoms with van der Waals surface area (Å²) in [6.07, 6.45) is 2.09. The molecule has 0 aliphatic heterocycles. The van der Waals surface area contributed by atoms with E-state index in [0.717, 1.165) is 6.42 Å². The topological polar surface area (TPSA) is 34.1 Å². The molecule has 0 aromatic carbocycles. The van der Waals surface area contributed by atoms with Gasteiger partial charge in [-0.05, 0) is 18.3 Å². The van der Waals surface area contributed by atoms with Crippen molar-refractivity contribution in [3.63, 3.8) is 0 Å². The molecular weight excluding hydrogens is 164 g/mol. The Balaban J connectivity index is 2.23. The van der Waals surface area contributed by atoms with E-state index in [1.807, 2.05) is 13.8 Å². The molecule has 0 spiro atoms. The fourth-order valence-electron chi connectivity index (χ4n) is 2.86. The number of hydrogen-bond acceptors (Lipinski definition) is 2. The van der Waals surface area contributed by atoms with Gasteiger partial charge in [0, 0.05) is 24.7 Å². The van der Waals surface area contributed by atoms with Crippen LogP contribution in [0.3, 0.4) is 0 Å². The van der Waals surface area contributed by atoms with Gasteiger partial charge in [0.05, 0.1) is 0 Å². The van der Waals surface area contributed by atoms with Crippen LogP contribution in [0.2, 0.25) is 0 Å². The predicted molar refractivity (Wildman–Crippen MR) is 49.2 cm³/mol. The molecule has 2 fully saturated rings. The van der Waals surface area contributed by atoms with Gasteiger partial charge in [-0.15, -0.1) is 0 Å². The Morgan fingerprint density at radius 1 is 0.923 bits per heavy atom. The fraction of sp³-hybridized carbons (Fsp3) is 0.818. The molecule has 13 heavy (non-hydrogen) atoms. The normalized spacial score (nSPS) is 45.1. The molecule has 2 aliphatic rings. The van der Waals surface area contributed by atoms with Gasteiger partial charge < -0.3 is 0 Å². The van der Waals surface area contributed by atoms with Gasteiger partial charge in [-0.1, -0.05) is 13.8 Å². The molecule has 0 heterocycles. The Bertz CT molecular complexity index is 231. The molecule has 0 N–H and O–H groups in total. The fourth-order valence-corrected chi connectivity index (χ4v) is 2.86. The summed E-state index contributed by atoms with van der Waals surface area (Å²) in [7, 11) is 0. The molecule has 2 nitrogen and oxygen atoms in total. The van der Waals surface area contributed by atoms with Gasteiger partial charge in [-0.25, -0.2) is 0 Å². The smallest absolute Gasteiger partial charge is 0.136 e. The van der Waals surface area contributed by atoms with Crippen LogP contribution in [0, 0.1) is 23.7 Å². The van der Waals surface area contributed by atoms with Crippen LogP contribution in [0.4, 0.5) is 0 Å². The van der Waals surface area contributed by atoms with E-state index < -0.39 is 0 Å². The van der Waals surface area contributed by atoms with Crippen LogP contribution < -0.4 is 0 Å². The lowest BCUT2D eigenvalue weighted by Crippen LogP contribution is -2.43. The first kappa shape index (κ1) is 8.92. The molecular formula is C11H16O2. The molecule has 2 rings (SSSR count). The summed E-state index contributed by atoms with van der Waals surface area (Å²) in [5.74, 6) is 1.76. The van der Waals surface area contributed by atoms with Crippen LogP contribution >= 0.6 is 0 Å². The van der Waals surface area contributed by atoms with Crippen molar-refractivity contribution >= 4 is 11.6 Å². The van der Waals surface area contributed by atoms with Crippen molar-refractivity contribution in [2.45, 2.75) is 33.1 Å². The maximum atomic E-state index is 11.6. The maximum absolute atomic E-state index is 11.6. The molecule has 0 saturated heterocycles. The van der Waals surface area contributed by atoms with E-state index in [9.17, 15) is 9.59 Å². The minimum Gasteiger partial charge on any atom is -0.299 e. The second-order valence-electron chi connectivity index (χ2n) is 4.74. The van der Waals surface area contributed by atoms with Crippen LogP contribution in [0.15, 0.2) is 0 Å². The third-order valence-corrected chi connectivity index (χ3v) is 3.76. The lowest BCUT2D eigenvalue weighted by molar-refractivity contribution is -0.140. The van der Waals surface area contributed by atoms with Crippen LogP contribution in [-0.2, 0) is 9.59 Å². The Kier molecular flexibility index (Phi) is 2.01. The van der Waals surface area contributed by atoms with Crippen LogP contribution in [0.25, 0.3) is 0 Å². The van der Waals surface area contributed by atoms with E-state index >= 15 is 0 Å². The Morgan fingerprint density at radius 3 is 1.69 bits per heavy atom. The number of Topliss-reactive ketones (excluding diaryl/α,β-unsaturated/α-hetero) is 2. The molecule has 2 heteroatoms. The molecule has 0 radical (unpaired) electrons. The van der Waals surface area contributed by atoms with Crippen molar-refractivity contribution in [1.29, 1.82) is 0 Å². The molecule has 0 aromatic rings. The first-order valence-electron chi connectivity index (χ1n) is 5.15. The lowest BCUT2D eigenvalue weighted by Gasteiger charge is -2.40. The zero-order chi connectivity index (χ0) is 9.59. The summed E-state index contributed by atoms with van der Waals surface area (Å²) < 4.78 is 0. The van der Waals surface area contributed by atoms with E-state index in [1.54, 1.807) is 0 Å². The predicted octanol–water partition coefficient (Wildman–Crippen LogP) is 1.83. The van der Waals surface area contributed by atoms with E-state index in [1.165, 1.54) is 0 Å². The molecule has 4 atom stereocenters. The Hall–Kier alpha value is -0.660. The number of rotatable bonds is 0. The largest absolute Gasteiger partial charge is 0.299 e. The highest BCUT2D eigenvalue weighted by molar-refractivity contribution is 5.90. The summed E-state index contributed by atoms with van der Waals surface area (Å²) in [6.45, 7) is 4.07. The number of fused-ring (bicyclic) bond motifs is 2. The van der Waals surface area contributed by atoms with Crippen molar-refractivity contribution < 1.29 is 9.59 Å². The molecule has 72 valence electrons. The van der Waals surface area contributed by atoms with E-state index in [0.29, 0.717) is 36.2 Å². The van der Waals surface area contributed by atoms with Crippen molar-refractivity contribution in [2.24, 2.45) is 23.7 Å². The minimum atomic E-state index is 0.193. The number of hydrogen-bond donors (Lipinski definition) is 0. The molecule has 0 amide bonds. The minimum absolute atomic E-state index is 0.193. The third kappa shape index (κ3) is 1.32. The molecule has 2 saturated carbocycles. The summed E-state index contributed by atoms with van der Waals surface area (Å²) >= 11 is 0. The standard InChI is InChI=1S/C11H16O2/c1-6-3-10(12)9-5-8(6)11(13)4-7(9)2/h6-9H,3-5H2,1-2H3/t6-,7-,8+,9+/m1/s1. The van der Waals surface area contributed by atoms with E-state index in [4.69, 9.17) is 0 Å². The van der Waals surface area contributed by atoms with Crippen molar-refractivity contribution in [3.8, 4) is 0 Å². The second-order valence-corrected chi connectivity index (χ2v) is 4.74. The molecule has 0 unspecified atom stereocenters. The average molecular weight is 180 g/mol. The van der Waals surface area contributed by atoms with Crippen LogP contribution in [-0.4, -0.2) is 11.6 Å². The number of carbonyl (C=O) groups is 2. The van der Waals surface area contributed by atoms with E-state index in [2.05, 4.69) is 0 Å². The zero-order valence-electron chi connectivity index (χ0n) is 8.25. The van der Waals surface area contributed by atoms with E-state index in [-0.39, 0.29) is 11.8 Å². The second kappa shape index (κ2) is 2.93. The number of ketones is 2. The summed E-state index contributed by atoms with van der Waals surface area (Å²) in [4.78, 5) is 23.2. The van der Waals surface area contributed by atoms with Gasteiger partial charge in [0.2, 0.25) is 0 Å². The Labute approximate surface area is 78.7 Å².